The standard InChI is InChI=1S/C24H30N2O6S/c1-24(2,3)15-4-6-19-17(12-15)21(23(29)30)18-13-16(5-7-20(18)25-19)33(31,32)26-10-8-14(9-11-26)22(27)28/h5,7,13-15H,4,6,8-12H2,1-3H3,(H,27,28)(H,29,30). The topological polar surface area (TPSA) is 125 Å². The van der Waals surface area contributed by atoms with E-state index in [1.54, 1.807) is 6.07 Å². The Kier molecular flexibility index (Phi) is 5.99. The molecule has 1 aromatic heterocycles. The van der Waals surface area contributed by atoms with Gasteiger partial charge < -0.3 is 10.2 Å². The minimum atomic E-state index is -3.88. The normalized spacial score (nSPS) is 20.5. The second-order valence-electron chi connectivity index (χ2n) is 10.2. The molecule has 2 heterocycles. The van der Waals surface area contributed by atoms with Crippen molar-refractivity contribution in [1.29, 1.82) is 0 Å². The summed E-state index contributed by atoms with van der Waals surface area (Å²) in [4.78, 5) is 28.3. The number of rotatable bonds is 4. The molecule has 2 aromatic rings. The highest BCUT2D eigenvalue weighted by molar-refractivity contribution is 7.89. The predicted molar refractivity (Wildman–Crippen MR) is 123 cm³/mol. The Labute approximate surface area is 193 Å². The van der Waals surface area contributed by atoms with Gasteiger partial charge in [-0.1, -0.05) is 20.8 Å². The van der Waals surface area contributed by atoms with Crippen LogP contribution in [0.15, 0.2) is 23.1 Å². The fraction of sp³-hybridized carbons (Fsp3) is 0.542. The van der Waals surface area contributed by atoms with E-state index in [-0.39, 0.29) is 41.8 Å². The van der Waals surface area contributed by atoms with E-state index in [0.29, 0.717) is 35.2 Å². The van der Waals surface area contributed by atoms with Gasteiger partial charge in [0, 0.05) is 24.2 Å². The monoisotopic (exact) mass is 474 g/mol. The van der Waals surface area contributed by atoms with Crippen molar-refractivity contribution >= 4 is 32.9 Å². The average molecular weight is 475 g/mol. The lowest BCUT2D eigenvalue weighted by Crippen LogP contribution is -2.40. The Morgan fingerprint density at radius 1 is 1.09 bits per heavy atom. The smallest absolute Gasteiger partial charge is 0.336 e. The van der Waals surface area contributed by atoms with E-state index < -0.39 is 27.9 Å². The molecule has 33 heavy (non-hydrogen) atoms. The quantitative estimate of drug-likeness (QED) is 0.694. The van der Waals surface area contributed by atoms with Crippen molar-refractivity contribution in [3.05, 3.63) is 35.0 Å². The summed E-state index contributed by atoms with van der Waals surface area (Å²) in [7, 11) is -3.88. The lowest BCUT2D eigenvalue weighted by Gasteiger charge is -2.35. The third kappa shape index (κ3) is 4.36. The Balaban J connectivity index is 1.77. The summed E-state index contributed by atoms with van der Waals surface area (Å²) in [6, 6.07) is 4.47. The van der Waals surface area contributed by atoms with Crippen LogP contribution in [0.5, 0.6) is 0 Å². The molecule has 8 nitrogen and oxygen atoms in total. The summed E-state index contributed by atoms with van der Waals surface area (Å²) in [5, 5.41) is 19.6. The zero-order chi connectivity index (χ0) is 24.1. The molecule has 1 saturated heterocycles. The SMILES string of the molecule is CC(C)(C)C1CCc2nc3ccc(S(=O)(=O)N4CCC(C(=O)O)CC4)cc3c(C(=O)O)c2C1. The number of carbonyl (C=O) groups is 2. The summed E-state index contributed by atoms with van der Waals surface area (Å²) >= 11 is 0. The molecule has 4 rings (SSSR count). The number of carboxylic acids is 2. The van der Waals surface area contributed by atoms with Crippen LogP contribution in [-0.2, 0) is 27.7 Å². The van der Waals surface area contributed by atoms with E-state index in [1.165, 1.54) is 16.4 Å². The number of aryl methyl sites for hydroxylation is 1. The summed E-state index contributed by atoms with van der Waals surface area (Å²) in [5.74, 6) is -2.22. The molecule has 0 bridgehead atoms. The molecule has 1 aliphatic carbocycles. The van der Waals surface area contributed by atoms with Crippen molar-refractivity contribution in [3.63, 3.8) is 0 Å². The van der Waals surface area contributed by atoms with E-state index in [0.717, 1.165) is 12.1 Å². The Morgan fingerprint density at radius 3 is 2.33 bits per heavy atom. The van der Waals surface area contributed by atoms with Crippen molar-refractivity contribution in [1.82, 2.24) is 9.29 Å². The lowest BCUT2D eigenvalue weighted by atomic mass is 9.70. The van der Waals surface area contributed by atoms with Gasteiger partial charge in [-0.2, -0.15) is 4.31 Å². The zero-order valence-corrected chi connectivity index (χ0v) is 20.0. The highest BCUT2D eigenvalue weighted by Gasteiger charge is 2.35. The fourth-order valence-corrected chi connectivity index (χ4v) is 6.55. The maximum absolute atomic E-state index is 13.3. The Morgan fingerprint density at radius 2 is 1.76 bits per heavy atom. The van der Waals surface area contributed by atoms with Crippen LogP contribution < -0.4 is 0 Å². The van der Waals surface area contributed by atoms with Gasteiger partial charge in [0.1, 0.15) is 0 Å². The fourth-order valence-electron chi connectivity index (χ4n) is 5.05. The van der Waals surface area contributed by atoms with Gasteiger partial charge in [-0.3, -0.25) is 9.78 Å². The Bertz CT molecular complexity index is 1220. The van der Waals surface area contributed by atoms with Crippen molar-refractivity contribution in [2.24, 2.45) is 17.3 Å². The second kappa shape index (κ2) is 8.36. The third-order valence-electron chi connectivity index (χ3n) is 7.20. The molecule has 0 spiro atoms. The summed E-state index contributed by atoms with van der Waals surface area (Å²) in [6.07, 6.45) is 2.75. The number of aromatic nitrogens is 1. The molecule has 9 heteroatoms. The number of aromatic carboxylic acids is 1. The average Bonchev–Trinajstić information content (AvgIpc) is 2.75. The number of pyridine rings is 1. The van der Waals surface area contributed by atoms with Crippen molar-refractivity contribution < 1.29 is 28.2 Å². The molecule has 1 aliphatic heterocycles. The molecular weight excluding hydrogens is 444 g/mol. The lowest BCUT2D eigenvalue weighted by molar-refractivity contribution is -0.142. The van der Waals surface area contributed by atoms with Gasteiger partial charge in [-0.05, 0) is 67.2 Å². The number of carboxylic acid groups (broad SMARTS) is 2. The minimum Gasteiger partial charge on any atom is -0.481 e. The van der Waals surface area contributed by atoms with Gasteiger partial charge in [0.05, 0.1) is 21.9 Å². The number of aliphatic carboxylic acids is 1. The molecule has 1 aromatic carbocycles. The molecule has 2 aliphatic rings. The first-order valence-electron chi connectivity index (χ1n) is 11.3. The second-order valence-corrected chi connectivity index (χ2v) is 12.2. The van der Waals surface area contributed by atoms with Gasteiger partial charge in [-0.15, -0.1) is 0 Å². The molecule has 1 unspecified atom stereocenters. The van der Waals surface area contributed by atoms with Crippen LogP contribution in [0.1, 0.15) is 61.6 Å². The van der Waals surface area contributed by atoms with Crippen LogP contribution >= 0.6 is 0 Å². The molecule has 1 fully saturated rings. The minimum absolute atomic E-state index is 0.0104. The van der Waals surface area contributed by atoms with Crippen LogP contribution in [0, 0.1) is 17.3 Å². The summed E-state index contributed by atoms with van der Waals surface area (Å²) < 4.78 is 27.8. The van der Waals surface area contributed by atoms with Gasteiger partial charge in [0.25, 0.3) is 0 Å². The van der Waals surface area contributed by atoms with Crippen molar-refractivity contribution in [3.8, 4) is 0 Å². The van der Waals surface area contributed by atoms with Crippen LogP contribution in [0.2, 0.25) is 0 Å². The van der Waals surface area contributed by atoms with E-state index >= 15 is 0 Å². The van der Waals surface area contributed by atoms with Gasteiger partial charge in [0.2, 0.25) is 10.0 Å². The van der Waals surface area contributed by atoms with E-state index in [2.05, 4.69) is 20.8 Å². The molecule has 0 saturated carbocycles. The number of sulfonamides is 1. The maximum atomic E-state index is 13.3. The van der Waals surface area contributed by atoms with Crippen LogP contribution in [0.25, 0.3) is 10.9 Å². The number of fused-ring (bicyclic) bond motifs is 2. The van der Waals surface area contributed by atoms with Crippen LogP contribution in [0.3, 0.4) is 0 Å². The van der Waals surface area contributed by atoms with Crippen LogP contribution in [-0.4, -0.2) is 52.9 Å². The van der Waals surface area contributed by atoms with E-state index in [1.807, 2.05) is 0 Å². The van der Waals surface area contributed by atoms with Gasteiger partial charge in [-0.25, -0.2) is 13.2 Å². The third-order valence-corrected chi connectivity index (χ3v) is 9.10. The number of hydrogen-bond donors (Lipinski definition) is 2. The molecule has 178 valence electrons. The summed E-state index contributed by atoms with van der Waals surface area (Å²) in [5.41, 5.74) is 2.13. The number of piperidine rings is 1. The van der Waals surface area contributed by atoms with Gasteiger partial charge in [0.15, 0.2) is 0 Å². The predicted octanol–water partition coefficient (Wildman–Crippen LogP) is 3.57. The molecule has 2 N–H and O–H groups in total. The molecule has 0 amide bonds. The Hall–Kier alpha value is -2.52. The van der Waals surface area contributed by atoms with Crippen molar-refractivity contribution in [2.75, 3.05) is 13.1 Å². The van der Waals surface area contributed by atoms with Gasteiger partial charge >= 0.3 is 11.9 Å². The molecular formula is C24H30N2O6S. The highest BCUT2D eigenvalue weighted by Crippen LogP contribution is 2.40. The highest BCUT2D eigenvalue weighted by atomic mass is 32.2. The number of benzene rings is 1. The largest absolute Gasteiger partial charge is 0.481 e. The first-order valence-corrected chi connectivity index (χ1v) is 12.8. The molecule has 0 radical (unpaired) electrons. The summed E-state index contributed by atoms with van der Waals surface area (Å²) in [6.45, 7) is 6.69. The van der Waals surface area contributed by atoms with Crippen LogP contribution in [0.4, 0.5) is 0 Å². The van der Waals surface area contributed by atoms with E-state index in [9.17, 15) is 28.2 Å². The van der Waals surface area contributed by atoms with E-state index in [4.69, 9.17) is 4.98 Å². The first kappa shape index (κ1) is 23.6. The van der Waals surface area contributed by atoms with Crippen molar-refractivity contribution in [2.45, 2.75) is 57.8 Å². The maximum Gasteiger partial charge on any atom is 0.336 e. The number of hydrogen-bond acceptors (Lipinski definition) is 5. The zero-order valence-electron chi connectivity index (χ0n) is 19.2. The molecule has 1 atom stereocenters. The first-order chi connectivity index (χ1) is 15.4. The number of nitrogens with zero attached hydrogens (tertiary/aromatic N) is 2.